The van der Waals surface area contributed by atoms with Crippen LogP contribution in [0.5, 0.6) is 0 Å². The molecule has 1 amide bonds. The van der Waals surface area contributed by atoms with Crippen LogP contribution in [0, 0.1) is 5.92 Å². The smallest absolute Gasteiger partial charge is 0.409 e. The van der Waals surface area contributed by atoms with Crippen molar-refractivity contribution in [2.45, 2.75) is 12.8 Å². The average Bonchev–Trinajstić information content (AvgIpc) is 2.29. The normalized spacial score (nSPS) is 15.5. The summed E-state index contributed by atoms with van der Waals surface area (Å²) in [6, 6.07) is 3.80. The molecule has 0 radical (unpaired) electrons. The Hall–Kier alpha value is -1.29. The zero-order chi connectivity index (χ0) is 12.3. The van der Waals surface area contributed by atoms with Gasteiger partial charge in [-0.2, -0.15) is 0 Å². The number of nitrogens with zero attached hydrogens (tertiary/aromatic N) is 2. The number of carbonyl (C=O) groups excluding carboxylic acids is 1. The molecular formula is C12H15ClN2O2. The number of carbonyl (C=O) groups is 1. The van der Waals surface area contributed by atoms with E-state index in [0.29, 0.717) is 11.1 Å². The van der Waals surface area contributed by atoms with Crippen molar-refractivity contribution in [2.75, 3.05) is 20.2 Å². The second kappa shape index (κ2) is 5.36. The maximum absolute atomic E-state index is 11.1. The van der Waals surface area contributed by atoms with Crippen LogP contribution in [-0.2, 0) is 11.2 Å². The van der Waals surface area contributed by atoms with Gasteiger partial charge in [0.2, 0.25) is 0 Å². The number of hydrogen-bond acceptors (Lipinski definition) is 3. The summed E-state index contributed by atoms with van der Waals surface area (Å²) in [7, 11) is 1.41. The van der Waals surface area contributed by atoms with Gasteiger partial charge in [0.15, 0.2) is 0 Å². The largest absolute Gasteiger partial charge is 0.453 e. The van der Waals surface area contributed by atoms with Crippen molar-refractivity contribution in [1.82, 2.24) is 9.88 Å². The summed E-state index contributed by atoms with van der Waals surface area (Å²) in [5.41, 5.74) is 1.19. The Morgan fingerprint density at radius 1 is 1.59 bits per heavy atom. The summed E-state index contributed by atoms with van der Waals surface area (Å²) >= 11 is 5.71. The van der Waals surface area contributed by atoms with Gasteiger partial charge in [-0.3, -0.25) is 0 Å². The lowest BCUT2D eigenvalue weighted by Gasteiger charge is -2.38. The van der Waals surface area contributed by atoms with Crippen LogP contribution >= 0.6 is 11.6 Å². The predicted molar refractivity (Wildman–Crippen MR) is 65.0 cm³/mol. The number of hydrogen-bond donors (Lipinski definition) is 0. The molecule has 17 heavy (non-hydrogen) atoms. The van der Waals surface area contributed by atoms with Gasteiger partial charge in [-0.25, -0.2) is 9.78 Å². The molecule has 1 aliphatic heterocycles. The molecule has 4 nitrogen and oxygen atoms in total. The maximum Gasteiger partial charge on any atom is 0.409 e. The third kappa shape index (κ3) is 3.09. The first-order chi connectivity index (χ1) is 8.19. The Kier molecular flexibility index (Phi) is 3.84. The molecule has 0 unspecified atom stereocenters. The summed E-state index contributed by atoms with van der Waals surface area (Å²) < 4.78 is 4.64. The quantitative estimate of drug-likeness (QED) is 0.778. The van der Waals surface area contributed by atoms with Crippen LogP contribution in [0.3, 0.4) is 0 Å². The van der Waals surface area contributed by atoms with E-state index in [9.17, 15) is 4.79 Å². The van der Waals surface area contributed by atoms with Crippen LogP contribution in [0.1, 0.15) is 12.0 Å². The fourth-order valence-corrected chi connectivity index (χ4v) is 2.07. The van der Waals surface area contributed by atoms with Gasteiger partial charge in [0, 0.05) is 19.3 Å². The molecule has 0 atom stereocenters. The molecule has 1 saturated heterocycles. The molecule has 1 aromatic rings. The van der Waals surface area contributed by atoms with Gasteiger partial charge in [-0.05, 0) is 30.4 Å². The first-order valence-corrected chi connectivity index (χ1v) is 6.00. The highest BCUT2D eigenvalue weighted by Crippen LogP contribution is 2.21. The molecule has 0 aliphatic carbocycles. The van der Waals surface area contributed by atoms with Crippen molar-refractivity contribution < 1.29 is 9.53 Å². The molecule has 0 N–H and O–H groups in total. The van der Waals surface area contributed by atoms with E-state index in [4.69, 9.17) is 11.6 Å². The molecule has 1 fully saturated rings. The molecule has 2 heterocycles. The van der Waals surface area contributed by atoms with Crippen LogP contribution < -0.4 is 0 Å². The van der Waals surface area contributed by atoms with Crippen molar-refractivity contribution in [1.29, 1.82) is 0 Å². The molecule has 5 heteroatoms. The molecular weight excluding hydrogens is 240 g/mol. The Morgan fingerprint density at radius 3 is 2.94 bits per heavy atom. The van der Waals surface area contributed by atoms with E-state index < -0.39 is 0 Å². The van der Waals surface area contributed by atoms with Crippen molar-refractivity contribution in [3.05, 3.63) is 29.0 Å². The number of aryl methyl sites for hydroxylation is 1. The summed E-state index contributed by atoms with van der Waals surface area (Å²) in [5.74, 6) is 0.574. The van der Waals surface area contributed by atoms with Crippen molar-refractivity contribution in [2.24, 2.45) is 5.92 Å². The molecule has 1 aromatic heterocycles. The number of ether oxygens (including phenoxy) is 1. The number of rotatable bonds is 3. The number of amides is 1. The van der Waals surface area contributed by atoms with Crippen molar-refractivity contribution in [3.8, 4) is 0 Å². The summed E-state index contributed by atoms with van der Waals surface area (Å²) in [4.78, 5) is 16.9. The standard InChI is InChI=1S/C12H15ClN2O2/c1-17-12(16)15-7-10(8-15)3-2-9-4-5-11(13)14-6-9/h4-6,10H,2-3,7-8H2,1H3. The van der Waals surface area contributed by atoms with Gasteiger partial charge < -0.3 is 9.64 Å². The van der Waals surface area contributed by atoms with E-state index in [1.165, 1.54) is 12.7 Å². The van der Waals surface area contributed by atoms with E-state index in [1.54, 1.807) is 17.2 Å². The molecule has 2 rings (SSSR count). The third-order valence-electron chi connectivity index (χ3n) is 3.02. The Morgan fingerprint density at radius 2 is 2.35 bits per heavy atom. The van der Waals surface area contributed by atoms with Crippen LogP contribution in [0.15, 0.2) is 18.3 Å². The monoisotopic (exact) mass is 254 g/mol. The molecule has 1 aliphatic rings. The summed E-state index contributed by atoms with van der Waals surface area (Å²) in [6.07, 6.45) is 3.62. The van der Waals surface area contributed by atoms with Crippen molar-refractivity contribution in [3.63, 3.8) is 0 Å². The zero-order valence-corrected chi connectivity index (χ0v) is 10.5. The zero-order valence-electron chi connectivity index (χ0n) is 9.73. The minimum absolute atomic E-state index is 0.227. The topological polar surface area (TPSA) is 42.4 Å². The molecule has 92 valence electrons. The van der Waals surface area contributed by atoms with E-state index >= 15 is 0 Å². The highest BCUT2D eigenvalue weighted by Gasteiger charge is 2.30. The molecule has 0 saturated carbocycles. The van der Waals surface area contributed by atoms with Gasteiger partial charge in [-0.15, -0.1) is 0 Å². The number of methoxy groups -OCH3 is 1. The minimum Gasteiger partial charge on any atom is -0.453 e. The van der Waals surface area contributed by atoms with Crippen LogP contribution in [0.4, 0.5) is 4.79 Å². The van der Waals surface area contributed by atoms with Gasteiger partial charge in [-0.1, -0.05) is 17.7 Å². The van der Waals surface area contributed by atoms with E-state index in [1.807, 2.05) is 6.07 Å². The number of halogens is 1. The Labute approximate surface area is 106 Å². The van der Waals surface area contributed by atoms with E-state index in [0.717, 1.165) is 25.9 Å². The van der Waals surface area contributed by atoms with E-state index in [-0.39, 0.29) is 6.09 Å². The van der Waals surface area contributed by atoms with Crippen LogP contribution in [0.25, 0.3) is 0 Å². The Balaban J connectivity index is 1.71. The van der Waals surface area contributed by atoms with Gasteiger partial charge in [0.05, 0.1) is 7.11 Å². The highest BCUT2D eigenvalue weighted by atomic mass is 35.5. The SMILES string of the molecule is COC(=O)N1CC(CCc2ccc(Cl)nc2)C1. The maximum atomic E-state index is 11.1. The second-order valence-electron chi connectivity index (χ2n) is 4.27. The first kappa shape index (κ1) is 12.2. The van der Waals surface area contributed by atoms with Gasteiger partial charge in [0.1, 0.15) is 5.15 Å². The lowest BCUT2D eigenvalue weighted by Crippen LogP contribution is -2.49. The second-order valence-corrected chi connectivity index (χ2v) is 4.66. The lowest BCUT2D eigenvalue weighted by atomic mass is 9.93. The number of aromatic nitrogens is 1. The van der Waals surface area contributed by atoms with Crippen LogP contribution in [-0.4, -0.2) is 36.2 Å². The third-order valence-corrected chi connectivity index (χ3v) is 3.24. The summed E-state index contributed by atoms with van der Waals surface area (Å²) in [5, 5.41) is 0.522. The molecule has 0 bridgehead atoms. The number of likely N-dealkylation sites (tertiary alicyclic amines) is 1. The molecule has 0 aromatic carbocycles. The number of pyridine rings is 1. The first-order valence-electron chi connectivity index (χ1n) is 5.62. The fourth-order valence-electron chi connectivity index (χ4n) is 1.96. The average molecular weight is 255 g/mol. The van der Waals surface area contributed by atoms with Gasteiger partial charge >= 0.3 is 6.09 Å². The van der Waals surface area contributed by atoms with Crippen LogP contribution in [0.2, 0.25) is 5.15 Å². The highest BCUT2D eigenvalue weighted by molar-refractivity contribution is 6.29. The van der Waals surface area contributed by atoms with Crippen molar-refractivity contribution >= 4 is 17.7 Å². The predicted octanol–water partition coefficient (Wildman–Crippen LogP) is 2.37. The minimum atomic E-state index is -0.227. The Bertz CT molecular complexity index is 388. The lowest BCUT2D eigenvalue weighted by molar-refractivity contribution is 0.0649. The fraction of sp³-hybridized carbons (Fsp3) is 0.500. The summed E-state index contributed by atoms with van der Waals surface area (Å²) in [6.45, 7) is 1.60. The molecule has 0 spiro atoms. The van der Waals surface area contributed by atoms with Gasteiger partial charge in [0.25, 0.3) is 0 Å². The van der Waals surface area contributed by atoms with E-state index in [2.05, 4.69) is 9.72 Å².